The molecule has 0 bridgehead atoms. The number of Topliss-reactive ketones (excluding diaryl/α,β-unsaturated/α-hetero) is 1. The van der Waals surface area contributed by atoms with Crippen LogP contribution in [-0.2, 0) is 4.79 Å². The van der Waals surface area contributed by atoms with Crippen LogP contribution in [0.25, 0.3) is 0 Å². The van der Waals surface area contributed by atoms with Crippen LogP contribution in [0.4, 0.5) is 5.69 Å². The molecule has 1 aliphatic rings. The highest BCUT2D eigenvalue weighted by Crippen LogP contribution is 2.34. The van der Waals surface area contributed by atoms with E-state index in [9.17, 15) is 4.79 Å². The predicted octanol–water partition coefficient (Wildman–Crippen LogP) is 4.22. The van der Waals surface area contributed by atoms with E-state index in [-0.39, 0.29) is 6.04 Å². The predicted molar refractivity (Wildman–Crippen MR) is 88.1 cm³/mol. The number of nitrogens with one attached hydrogen (secondary N) is 1. The Kier molecular flexibility index (Phi) is 4.42. The summed E-state index contributed by atoms with van der Waals surface area (Å²) < 4.78 is 5.18. The lowest BCUT2D eigenvalue weighted by molar-refractivity contribution is -0.120. The van der Waals surface area contributed by atoms with Crippen molar-refractivity contribution in [1.29, 1.82) is 0 Å². The van der Waals surface area contributed by atoms with Crippen LogP contribution in [0.3, 0.4) is 0 Å². The Balaban J connectivity index is 1.76. The van der Waals surface area contributed by atoms with E-state index < -0.39 is 0 Å². The third kappa shape index (κ3) is 3.67. The van der Waals surface area contributed by atoms with Gasteiger partial charge < -0.3 is 10.1 Å². The van der Waals surface area contributed by atoms with Crippen molar-refractivity contribution in [2.45, 2.75) is 25.3 Å². The van der Waals surface area contributed by atoms with Gasteiger partial charge in [-0.05, 0) is 42.7 Å². The molecule has 1 fully saturated rings. The molecule has 1 N–H and O–H groups in total. The van der Waals surface area contributed by atoms with Gasteiger partial charge in [0.05, 0.1) is 13.2 Å². The highest BCUT2D eigenvalue weighted by Gasteiger charge is 2.31. The maximum Gasteiger partial charge on any atom is 0.138 e. The van der Waals surface area contributed by atoms with Gasteiger partial charge in [0.1, 0.15) is 11.5 Å². The maximum absolute atomic E-state index is 12.2. The molecule has 0 saturated heterocycles. The second-order valence-electron chi connectivity index (χ2n) is 5.78. The first-order valence-electron chi connectivity index (χ1n) is 7.74. The number of rotatable bonds is 7. The van der Waals surface area contributed by atoms with Gasteiger partial charge in [-0.2, -0.15) is 0 Å². The number of benzene rings is 2. The second-order valence-corrected chi connectivity index (χ2v) is 5.78. The van der Waals surface area contributed by atoms with Crippen LogP contribution in [0.1, 0.15) is 30.9 Å². The van der Waals surface area contributed by atoms with Crippen LogP contribution in [-0.4, -0.2) is 12.9 Å². The van der Waals surface area contributed by atoms with Crippen molar-refractivity contribution < 1.29 is 9.53 Å². The molecule has 0 aromatic heterocycles. The number of hydrogen-bond acceptors (Lipinski definition) is 3. The topological polar surface area (TPSA) is 38.3 Å². The Labute approximate surface area is 131 Å². The molecule has 1 atom stereocenters. The number of ether oxygens (including phenoxy) is 1. The zero-order valence-corrected chi connectivity index (χ0v) is 12.8. The number of anilines is 1. The van der Waals surface area contributed by atoms with Crippen LogP contribution in [0.15, 0.2) is 54.6 Å². The maximum atomic E-state index is 12.2. The highest BCUT2D eigenvalue weighted by molar-refractivity contribution is 5.84. The third-order valence-corrected chi connectivity index (χ3v) is 4.07. The molecule has 0 amide bonds. The SMILES string of the molecule is COc1ccc(N[C@@H](CC(=O)C2CC2)c2ccccc2)cc1. The third-order valence-electron chi connectivity index (χ3n) is 4.07. The van der Waals surface area contributed by atoms with E-state index in [1.54, 1.807) is 7.11 Å². The second kappa shape index (κ2) is 6.65. The summed E-state index contributed by atoms with van der Waals surface area (Å²) in [6, 6.07) is 18.0. The Hall–Kier alpha value is -2.29. The summed E-state index contributed by atoms with van der Waals surface area (Å²) >= 11 is 0. The molecule has 2 aromatic carbocycles. The molecule has 2 aromatic rings. The van der Waals surface area contributed by atoms with Crippen molar-refractivity contribution in [2.24, 2.45) is 5.92 Å². The molecule has 0 unspecified atom stereocenters. The van der Waals surface area contributed by atoms with E-state index in [4.69, 9.17) is 4.74 Å². The lowest BCUT2D eigenvalue weighted by Crippen LogP contribution is -2.16. The van der Waals surface area contributed by atoms with Gasteiger partial charge in [-0.15, -0.1) is 0 Å². The van der Waals surface area contributed by atoms with Crippen molar-refractivity contribution in [1.82, 2.24) is 0 Å². The van der Waals surface area contributed by atoms with E-state index in [2.05, 4.69) is 17.4 Å². The van der Waals surface area contributed by atoms with E-state index in [0.717, 1.165) is 29.8 Å². The molecule has 22 heavy (non-hydrogen) atoms. The van der Waals surface area contributed by atoms with Gasteiger partial charge in [-0.25, -0.2) is 0 Å². The van der Waals surface area contributed by atoms with Crippen LogP contribution >= 0.6 is 0 Å². The van der Waals surface area contributed by atoms with Crippen molar-refractivity contribution in [2.75, 3.05) is 12.4 Å². The van der Waals surface area contributed by atoms with Gasteiger partial charge in [-0.3, -0.25) is 4.79 Å². The molecule has 3 heteroatoms. The molecule has 1 aliphatic carbocycles. The first-order valence-corrected chi connectivity index (χ1v) is 7.74. The van der Waals surface area contributed by atoms with Gasteiger partial charge in [0.2, 0.25) is 0 Å². The molecule has 0 spiro atoms. The molecular formula is C19H21NO2. The Morgan fingerprint density at radius 2 is 1.82 bits per heavy atom. The fourth-order valence-corrected chi connectivity index (χ4v) is 2.60. The molecule has 3 nitrogen and oxygen atoms in total. The van der Waals surface area contributed by atoms with Gasteiger partial charge in [0.15, 0.2) is 0 Å². The minimum atomic E-state index is 0.0164. The summed E-state index contributed by atoms with van der Waals surface area (Å²) in [5.41, 5.74) is 2.14. The normalized spacial score (nSPS) is 15.1. The molecule has 0 aliphatic heterocycles. The number of methoxy groups -OCH3 is 1. The van der Waals surface area contributed by atoms with Gasteiger partial charge in [0, 0.05) is 18.0 Å². The summed E-state index contributed by atoms with van der Waals surface area (Å²) in [6.07, 6.45) is 2.66. The largest absolute Gasteiger partial charge is 0.497 e. The number of carbonyl (C=O) groups excluding carboxylic acids is 1. The Morgan fingerprint density at radius 1 is 1.14 bits per heavy atom. The minimum absolute atomic E-state index is 0.0164. The molecule has 3 rings (SSSR count). The molecular weight excluding hydrogens is 274 g/mol. The van der Waals surface area contributed by atoms with E-state index in [1.165, 1.54) is 0 Å². The Morgan fingerprint density at radius 3 is 2.41 bits per heavy atom. The standard InChI is InChI=1S/C19H21NO2/c1-22-17-11-9-16(10-12-17)20-18(13-19(21)15-7-8-15)14-5-3-2-4-6-14/h2-6,9-12,15,18,20H,7-8,13H2,1H3/t18-/m0/s1. The quantitative estimate of drug-likeness (QED) is 0.831. The summed E-state index contributed by atoms with van der Waals surface area (Å²) in [7, 11) is 1.66. The van der Waals surface area contributed by atoms with Crippen LogP contribution in [0, 0.1) is 5.92 Å². The van der Waals surface area contributed by atoms with Crippen LogP contribution < -0.4 is 10.1 Å². The lowest BCUT2D eigenvalue weighted by atomic mass is 9.99. The molecule has 0 radical (unpaired) electrons. The van der Waals surface area contributed by atoms with Gasteiger partial charge >= 0.3 is 0 Å². The average molecular weight is 295 g/mol. The van der Waals surface area contributed by atoms with E-state index >= 15 is 0 Å². The summed E-state index contributed by atoms with van der Waals surface area (Å²) in [4.78, 5) is 12.2. The van der Waals surface area contributed by atoms with Crippen LogP contribution in [0.5, 0.6) is 5.75 Å². The van der Waals surface area contributed by atoms with Gasteiger partial charge in [0.25, 0.3) is 0 Å². The van der Waals surface area contributed by atoms with Gasteiger partial charge in [-0.1, -0.05) is 30.3 Å². The summed E-state index contributed by atoms with van der Waals surface area (Å²) in [5, 5.41) is 3.48. The fraction of sp³-hybridized carbons (Fsp3) is 0.316. The zero-order chi connectivity index (χ0) is 15.4. The smallest absolute Gasteiger partial charge is 0.138 e. The van der Waals surface area contributed by atoms with Crippen molar-refractivity contribution in [3.05, 3.63) is 60.2 Å². The van der Waals surface area contributed by atoms with E-state index in [1.807, 2.05) is 42.5 Å². The van der Waals surface area contributed by atoms with Crippen LogP contribution in [0.2, 0.25) is 0 Å². The number of hydrogen-bond donors (Lipinski definition) is 1. The van der Waals surface area contributed by atoms with Crippen molar-refractivity contribution in [3.8, 4) is 5.75 Å². The summed E-state index contributed by atoms with van der Waals surface area (Å²) in [5.74, 6) is 1.50. The van der Waals surface area contributed by atoms with Crippen molar-refractivity contribution in [3.63, 3.8) is 0 Å². The fourth-order valence-electron chi connectivity index (χ4n) is 2.60. The zero-order valence-electron chi connectivity index (χ0n) is 12.8. The summed E-state index contributed by atoms with van der Waals surface area (Å²) in [6.45, 7) is 0. The number of ketones is 1. The molecule has 0 heterocycles. The first-order chi connectivity index (χ1) is 10.8. The Bertz CT molecular complexity index is 618. The van der Waals surface area contributed by atoms with E-state index in [0.29, 0.717) is 18.1 Å². The first kappa shape index (κ1) is 14.6. The lowest BCUT2D eigenvalue weighted by Gasteiger charge is -2.20. The number of carbonyl (C=O) groups is 1. The molecule has 114 valence electrons. The minimum Gasteiger partial charge on any atom is -0.497 e. The average Bonchev–Trinajstić information content (AvgIpc) is 3.41. The monoisotopic (exact) mass is 295 g/mol. The van der Waals surface area contributed by atoms with Crippen molar-refractivity contribution >= 4 is 11.5 Å². The molecule has 1 saturated carbocycles. The highest BCUT2D eigenvalue weighted by atomic mass is 16.5.